The molecule has 3 rings (SSSR count). The molecule has 1 aliphatic heterocycles. The van der Waals surface area contributed by atoms with Gasteiger partial charge in [0.15, 0.2) is 0 Å². The first-order valence-electron chi connectivity index (χ1n) is 8.41. The number of amides is 2. The number of hydrogen-bond acceptors (Lipinski definition) is 3. The van der Waals surface area contributed by atoms with Crippen molar-refractivity contribution < 1.29 is 13.9 Å². The molecule has 0 saturated carbocycles. The Kier molecular flexibility index (Phi) is 5.60. The summed E-state index contributed by atoms with van der Waals surface area (Å²) in [6.45, 7) is 1.06. The van der Waals surface area contributed by atoms with Crippen LogP contribution in [0.3, 0.4) is 0 Å². The van der Waals surface area contributed by atoms with Gasteiger partial charge in [0, 0.05) is 32.6 Å². The second-order valence-electron chi connectivity index (χ2n) is 6.09. The Morgan fingerprint density at radius 2 is 2.04 bits per heavy atom. The van der Waals surface area contributed by atoms with E-state index < -0.39 is 0 Å². The van der Waals surface area contributed by atoms with Gasteiger partial charge in [0.05, 0.1) is 12.1 Å². The van der Waals surface area contributed by atoms with Gasteiger partial charge in [-0.3, -0.25) is 4.98 Å². The molecule has 0 unspecified atom stereocenters. The highest BCUT2D eigenvalue weighted by molar-refractivity contribution is 5.75. The smallest absolute Gasteiger partial charge is 0.318 e. The SMILES string of the molecule is CO[C@@H](CNC(=O)N1CCC[C@H]1c1ccncc1)c1ccc(F)cc1. The van der Waals surface area contributed by atoms with Gasteiger partial charge in [0.25, 0.3) is 0 Å². The monoisotopic (exact) mass is 343 g/mol. The van der Waals surface area contributed by atoms with E-state index in [1.807, 2.05) is 17.0 Å². The molecule has 2 aromatic rings. The summed E-state index contributed by atoms with van der Waals surface area (Å²) in [5.41, 5.74) is 1.93. The lowest BCUT2D eigenvalue weighted by Crippen LogP contribution is -2.41. The number of aromatic nitrogens is 1. The second-order valence-corrected chi connectivity index (χ2v) is 6.09. The largest absolute Gasteiger partial charge is 0.375 e. The van der Waals surface area contributed by atoms with Crippen LogP contribution in [0.4, 0.5) is 9.18 Å². The van der Waals surface area contributed by atoms with Gasteiger partial charge in [-0.15, -0.1) is 0 Å². The van der Waals surface area contributed by atoms with Crippen LogP contribution in [0.5, 0.6) is 0 Å². The number of pyridine rings is 1. The fourth-order valence-corrected chi connectivity index (χ4v) is 3.24. The summed E-state index contributed by atoms with van der Waals surface area (Å²) in [4.78, 5) is 18.5. The van der Waals surface area contributed by atoms with Gasteiger partial charge in [0.2, 0.25) is 0 Å². The number of nitrogens with zero attached hydrogens (tertiary/aromatic N) is 2. The third kappa shape index (κ3) is 4.14. The lowest BCUT2D eigenvalue weighted by atomic mass is 10.1. The average molecular weight is 343 g/mol. The summed E-state index contributed by atoms with van der Waals surface area (Å²) in [5, 5.41) is 2.94. The van der Waals surface area contributed by atoms with E-state index in [0.717, 1.165) is 30.5 Å². The van der Waals surface area contributed by atoms with Crippen molar-refractivity contribution in [2.45, 2.75) is 25.0 Å². The summed E-state index contributed by atoms with van der Waals surface area (Å²) in [7, 11) is 1.58. The third-order valence-corrected chi connectivity index (χ3v) is 4.57. The van der Waals surface area contributed by atoms with Gasteiger partial charge in [-0.05, 0) is 48.2 Å². The summed E-state index contributed by atoms with van der Waals surface area (Å²) >= 11 is 0. The minimum Gasteiger partial charge on any atom is -0.375 e. The number of carbonyl (C=O) groups excluding carboxylic acids is 1. The van der Waals surface area contributed by atoms with Gasteiger partial charge in [-0.1, -0.05) is 12.1 Å². The fraction of sp³-hybridized carbons (Fsp3) is 0.368. The number of rotatable bonds is 5. The Hall–Kier alpha value is -2.47. The first-order chi connectivity index (χ1) is 12.2. The first-order valence-corrected chi connectivity index (χ1v) is 8.41. The fourth-order valence-electron chi connectivity index (χ4n) is 3.24. The Bertz CT molecular complexity index is 694. The molecule has 5 nitrogen and oxygen atoms in total. The number of likely N-dealkylation sites (tertiary alicyclic amines) is 1. The molecule has 1 aliphatic rings. The van der Waals surface area contributed by atoms with Gasteiger partial charge in [-0.2, -0.15) is 0 Å². The van der Waals surface area contributed by atoms with Crippen molar-refractivity contribution in [3.05, 3.63) is 65.7 Å². The maximum Gasteiger partial charge on any atom is 0.318 e. The standard InChI is InChI=1S/C19H22FN3O2/c1-25-18(15-4-6-16(20)7-5-15)13-22-19(24)23-12-2-3-17(23)14-8-10-21-11-9-14/h4-11,17-18H,2-3,12-13H2,1H3,(H,22,24)/t17-,18-/m0/s1. The molecule has 25 heavy (non-hydrogen) atoms. The number of carbonyl (C=O) groups is 1. The number of methoxy groups -OCH3 is 1. The normalized spacial score (nSPS) is 18.2. The molecular weight excluding hydrogens is 321 g/mol. The maximum atomic E-state index is 13.1. The van der Waals surface area contributed by atoms with Crippen molar-refractivity contribution >= 4 is 6.03 Å². The van der Waals surface area contributed by atoms with Gasteiger partial charge in [-0.25, -0.2) is 9.18 Å². The summed E-state index contributed by atoms with van der Waals surface area (Å²) in [5.74, 6) is -0.292. The summed E-state index contributed by atoms with van der Waals surface area (Å²) in [6, 6.07) is 10.0. The highest BCUT2D eigenvalue weighted by Crippen LogP contribution is 2.31. The van der Waals surface area contributed by atoms with Crippen molar-refractivity contribution in [3.8, 4) is 0 Å². The zero-order valence-electron chi connectivity index (χ0n) is 14.2. The molecule has 2 amide bonds. The molecule has 0 radical (unpaired) electrons. The van der Waals surface area contributed by atoms with E-state index in [1.165, 1.54) is 12.1 Å². The third-order valence-electron chi connectivity index (χ3n) is 4.57. The van der Waals surface area contributed by atoms with E-state index in [-0.39, 0.29) is 24.0 Å². The maximum absolute atomic E-state index is 13.1. The molecule has 0 aliphatic carbocycles. The number of benzene rings is 1. The van der Waals surface area contributed by atoms with Crippen LogP contribution < -0.4 is 5.32 Å². The molecular formula is C19H22FN3O2. The Balaban J connectivity index is 1.62. The molecule has 2 heterocycles. The van der Waals surface area contributed by atoms with Crippen LogP contribution in [-0.4, -0.2) is 36.1 Å². The lowest BCUT2D eigenvalue weighted by Gasteiger charge is -2.26. The lowest BCUT2D eigenvalue weighted by molar-refractivity contribution is 0.101. The number of nitrogens with one attached hydrogen (secondary N) is 1. The van der Waals surface area contributed by atoms with E-state index >= 15 is 0 Å². The molecule has 0 spiro atoms. The van der Waals surface area contributed by atoms with Gasteiger partial charge < -0.3 is 15.0 Å². The topological polar surface area (TPSA) is 54.5 Å². The zero-order chi connectivity index (χ0) is 17.6. The Labute approximate surface area is 146 Å². The van der Waals surface area contributed by atoms with Crippen molar-refractivity contribution in [1.29, 1.82) is 0 Å². The van der Waals surface area contributed by atoms with E-state index in [0.29, 0.717) is 6.54 Å². The molecule has 1 N–H and O–H groups in total. The minimum absolute atomic E-state index is 0.0785. The van der Waals surface area contributed by atoms with Crippen molar-refractivity contribution in [3.63, 3.8) is 0 Å². The van der Waals surface area contributed by atoms with Gasteiger partial charge >= 0.3 is 6.03 Å². The predicted octanol–water partition coefficient (Wildman–Crippen LogP) is 3.45. The molecule has 1 fully saturated rings. The number of hydrogen-bond donors (Lipinski definition) is 1. The van der Waals surface area contributed by atoms with Crippen LogP contribution in [-0.2, 0) is 4.74 Å². The molecule has 132 valence electrons. The summed E-state index contributed by atoms with van der Waals surface area (Å²) < 4.78 is 18.5. The zero-order valence-corrected chi connectivity index (χ0v) is 14.2. The highest BCUT2D eigenvalue weighted by atomic mass is 19.1. The number of urea groups is 1. The number of halogens is 1. The predicted molar refractivity (Wildman–Crippen MR) is 92.5 cm³/mol. The van der Waals surface area contributed by atoms with Crippen LogP contribution >= 0.6 is 0 Å². The minimum atomic E-state index is -0.313. The van der Waals surface area contributed by atoms with Crippen molar-refractivity contribution in [2.24, 2.45) is 0 Å². The molecule has 6 heteroatoms. The molecule has 1 aromatic carbocycles. The quantitative estimate of drug-likeness (QED) is 0.905. The van der Waals surface area contributed by atoms with E-state index in [2.05, 4.69) is 10.3 Å². The Morgan fingerprint density at radius 3 is 2.72 bits per heavy atom. The van der Waals surface area contributed by atoms with Crippen LogP contribution in [0.1, 0.15) is 36.1 Å². The number of ether oxygens (including phenoxy) is 1. The first kappa shape index (κ1) is 17.4. The van der Waals surface area contributed by atoms with E-state index in [9.17, 15) is 9.18 Å². The second kappa shape index (κ2) is 8.07. The van der Waals surface area contributed by atoms with Crippen LogP contribution in [0, 0.1) is 5.82 Å². The highest BCUT2D eigenvalue weighted by Gasteiger charge is 2.30. The van der Waals surface area contributed by atoms with E-state index in [1.54, 1.807) is 31.6 Å². The Morgan fingerprint density at radius 1 is 1.32 bits per heavy atom. The van der Waals surface area contributed by atoms with Crippen LogP contribution in [0.15, 0.2) is 48.8 Å². The van der Waals surface area contributed by atoms with Gasteiger partial charge in [0.1, 0.15) is 5.82 Å². The average Bonchev–Trinajstić information content (AvgIpc) is 3.14. The molecule has 0 bridgehead atoms. The molecule has 2 atom stereocenters. The van der Waals surface area contributed by atoms with Crippen molar-refractivity contribution in [2.75, 3.05) is 20.2 Å². The van der Waals surface area contributed by atoms with Crippen LogP contribution in [0.2, 0.25) is 0 Å². The summed E-state index contributed by atoms with van der Waals surface area (Å²) in [6.07, 6.45) is 5.11. The van der Waals surface area contributed by atoms with Crippen LogP contribution in [0.25, 0.3) is 0 Å². The van der Waals surface area contributed by atoms with E-state index in [4.69, 9.17) is 4.74 Å². The molecule has 1 aromatic heterocycles. The molecule has 1 saturated heterocycles. The van der Waals surface area contributed by atoms with Crippen molar-refractivity contribution in [1.82, 2.24) is 15.2 Å².